The molecule has 2 N–H and O–H groups in total. The highest BCUT2D eigenvalue weighted by atomic mass is 16.3. The molecular weight excluding hydrogens is 166 g/mol. The fourth-order valence-electron chi connectivity index (χ4n) is 2.14. The van der Waals surface area contributed by atoms with Crippen molar-refractivity contribution in [1.29, 1.82) is 0 Å². The molecule has 0 bridgehead atoms. The summed E-state index contributed by atoms with van der Waals surface area (Å²) in [6, 6.07) is 1.09. The molecule has 3 atom stereocenters. The van der Waals surface area contributed by atoms with Crippen molar-refractivity contribution in [3.63, 3.8) is 0 Å². The molecule has 3 nitrogen and oxygen atoms in total. The van der Waals surface area contributed by atoms with Crippen LogP contribution in [0.1, 0.15) is 33.1 Å². The van der Waals surface area contributed by atoms with Crippen LogP contribution in [-0.4, -0.2) is 46.5 Å². The standard InChI is InChI=1S/C10H21NO2/c1-8-4-3-5-9(2)11(8)6-10(13)7-12/h8-10,12-13H,3-7H2,1-2H3/t8-,9+,10?. The minimum absolute atomic E-state index is 0.129. The Morgan fingerprint density at radius 2 is 1.85 bits per heavy atom. The second kappa shape index (κ2) is 4.94. The molecule has 0 amide bonds. The summed E-state index contributed by atoms with van der Waals surface area (Å²) in [6.07, 6.45) is 3.13. The Bertz CT molecular complexity index is 142. The third kappa shape index (κ3) is 2.93. The number of nitrogens with zero attached hydrogens (tertiary/aromatic N) is 1. The average molecular weight is 187 g/mol. The molecule has 0 aromatic heterocycles. The average Bonchev–Trinajstić information content (AvgIpc) is 2.11. The van der Waals surface area contributed by atoms with Gasteiger partial charge in [0.25, 0.3) is 0 Å². The van der Waals surface area contributed by atoms with Crippen LogP contribution in [0.25, 0.3) is 0 Å². The van der Waals surface area contributed by atoms with Crippen molar-refractivity contribution in [2.45, 2.75) is 51.3 Å². The van der Waals surface area contributed by atoms with E-state index in [1.807, 2.05) is 0 Å². The molecule has 1 fully saturated rings. The Labute approximate surface area is 80.4 Å². The van der Waals surface area contributed by atoms with E-state index in [9.17, 15) is 5.11 Å². The van der Waals surface area contributed by atoms with Crippen molar-refractivity contribution in [3.05, 3.63) is 0 Å². The van der Waals surface area contributed by atoms with E-state index in [4.69, 9.17) is 5.11 Å². The lowest BCUT2D eigenvalue weighted by Crippen LogP contribution is -2.47. The molecule has 1 heterocycles. The van der Waals surface area contributed by atoms with Crippen LogP contribution < -0.4 is 0 Å². The first-order valence-electron chi connectivity index (χ1n) is 5.19. The third-order valence-electron chi connectivity index (χ3n) is 3.01. The summed E-state index contributed by atoms with van der Waals surface area (Å²) in [5.74, 6) is 0. The lowest BCUT2D eigenvalue weighted by atomic mass is 9.97. The zero-order valence-electron chi connectivity index (χ0n) is 8.61. The van der Waals surface area contributed by atoms with Gasteiger partial charge in [0.05, 0.1) is 12.7 Å². The Morgan fingerprint density at radius 3 is 2.31 bits per heavy atom. The fraction of sp³-hybridized carbons (Fsp3) is 1.00. The smallest absolute Gasteiger partial charge is 0.0897 e. The molecule has 1 rings (SSSR count). The van der Waals surface area contributed by atoms with Crippen molar-refractivity contribution in [1.82, 2.24) is 4.90 Å². The molecule has 0 aliphatic carbocycles. The summed E-state index contributed by atoms with van der Waals surface area (Å²) in [4.78, 5) is 2.30. The maximum atomic E-state index is 9.35. The molecule has 1 unspecified atom stereocenters. The minimum atomic E-state index is -0.581. The molecule has 0 radical (unpaired) electrons. The zero-order chi connectivity index (χ0) is 9.84. The number of hydrogen-bond acceptors (Lipinski definition) is 3. The van der Waals surface area contributed by atoms with Crippen LogP contribution >= 0.6 is 0 Å². The van der Waals surface area contributed by atoms with Crippen LogP contribution in [0.15, 0.2) is 0 Å². The van der Waals surface area contributed by atoms with Crippen molar-refractivity contribution >= 4 is 0 Å². The van der Waals surface area contributed by atoms with Crippen LogP contribution in [0, 0.1) is 0 Å². The number of likely N-dealkylation sites (tertiary alicyclic amines) is 1. The maximum absolute atomic E-state index is 9.35. The van der Waals surface area contributed by atoms with E-state index < -0.39 is 6.10 Å². The highest BCUT2D eigenvalue weighted by molar-refractivity contribution is 4.80. The Morgan fingerprint density at radius 1 is 1.31 bits per heavy atom. The van der Waals surface area contributed by atoms with Gasteiger partial charge in [0.1, 0.15) is 0 Å². The number of β-amino-alcohol motifs (C(OH)–C–C–N with tert-alkyl or cyclic N) is 1. The Kier molecular flexibility index (Phi) is 4.16. The minimum Gasteiger partial charge on any atom is -0.394 e. The number of aliphatic hydroxyl groups excluding tert-OH is 2. The first-order valence-corrected chi connectivity index (χ1v) is 5.19. The first-order chi connectivity index (χ1) is 6.15. The van der Waals surface area contributed by atoms with E-state index in [1.165, 1.54) is 19.3 Å². The molecule has 1 saturated heterocycles. The normalized spacial score (nSPS) is 33.2. The van der Waals surface area contributed by atoms with Crippen LogP contribution in [0.2, 0.25) is 0 Å². The topological polar surface area (TPSA) is 43.7 Å². The fourth-order valence-corrected chi connectivity index (χ4v) is 2.14. The van der Waals surface area contributed by atoms with Gasteiger partial charge >= 0.3 is 0 Å². The zero-order valence-corrected chi connectivity index (χ0v) is 8.61. The molecule has 78 valence electrons. The monoisotopic (exact) mass is 187 g/mol. The molecule has 0 saturated carbocycles. The summed E-state index contributed by atoms with van der Waals surface area (Å²) in [5.41, 5.74) is 0. The molecule has 13 heavy (non-hydrogen) atoms. The molecule has 1 aliphatic heterocycles. The van der Waals surface area contributed by atoms with Gasteiger partial charge in [-0.2, -0.15) is 0 Å². The molecule has 0 aromatic carbocycles. The summed E-state index contributed by atoms with van der Waals surface area (Å²) >= 11 is 0. The van der Waals surface area contributed by atoms with E-state index in [0.29, 0.717) is 18.6 Å². The predicted molar refractivity (Wildman–Crippen MR) is 52.6 cm³/mol. The lowest BCUT2D eigenvalue weighted by Gasteiger charge is -2.39. The number of hydrogen-bond donors (Lipinski definition) is 2. The predicted octanol–water partition coefficient (Wildman–Crippen LogP) is 0.602. The molecule has 0 aromatic rings. The van der Waals surface area contributed by atoms with Gasteiger partial charge in [-0.25, -0.2) is 0 Å². The summed E-state index contributed by atoms with van der Waals surface area (Å²) in [7, 11) is 0. The number of rotatable bonds is 3. The number of aliphatic hydroxyl groups is 2. The van der Waals surface area contributed by atoms with Crippen LogP contribution in [0.4, 0.5) is 0 Å². The highest BCUT2D eigenvalue weighted by Gasteiger charge is 2.25. The number of piperidine rings is 1. The van der Waals surface area contributed by atoms with E-state index in [-0.39, 0.29) is 6.61 Å². The van der Waals surface area contributed by atoms with E-state index in [0.717, 1.165) is 0 Å². The lowest BCUT2D eigenvalue weighted by molar-refractivity contribution is 0.0157. The largest absolute Gasteiger partial charge is 0.394 e. The van der Waals surface area contributed by atoms with Gasteiger partial charge in [-0.3, -0.25) is 4.90 Å². The van der Waals surface area contributed by atoms with Gasteiger partial charge < -0.3 is 10.2 Å². The van der Waals surface area contributed by atoms with Crippen LogP contribution in [0.5, 0.6) is 0 Å². The van der Waals surface area contributed by atoms with E-state index in [1.54, 1.807) is 0 Å². The summed E-state index contributed by atoms with van der Waals surface area (Å²) < 4.78 is 0. The van der Waals surface area contributed by atoms with E-state index >= 15 is 0 Å². The Hall–Kier alpha value is -0.120. The van der Waals surface area contributed by atoms with Crippen molar-refractivity contribution in [2.24, 2.45) is 0 Å². The van der Waals surface area contributed by atoms with Crippen molar-refractivity contribution < 1.29 is 10.2 Å². The van der Waals surface area contributed by atoms with Crippen molar-refractivity contribution in [3.8, 4) is 0 Å². The van der Waals surface area contributed by atoms with Gasteiger partial charge in [0, 0.05) is 18.6 Å². The van der Waals surface area contributed by atoms with Gasteiger partial charge in [-0.05, 0) is 26.7 Å². The van der Waals surface area contributed by atoms with Gasteiger partial charge in [-0.15, -0.1) is 0 Å². The quantitative estimate of drug-likeness (QED) is 0.680. The van der Waals surface area contributed by atoms with E-state index in [2.05, 4.69) is 18.7 Å². The second-order valence-corrected chi connectivity index (χ2v) is 4.16. The van der Waals surface area contributed by atoms with Gasteiger partial charge in [0.2, 0.25) is 0 Å². The van der Waals surface area contributed by atoms with Crippen LogP contribution in [0.3, 0.4) is 0 Å². The maximum Gasteiger partial charge on any atom is 0.0897 e. The second-order valence-electron chi connectivity index (χ2n) is 4.16. The SMILES string of the molecule is C[C@@H]1CCC[C@H](C)N1CC(O)CO. The van der Waals surface area contributed by atoms with Gasteiger partial charge in [-0.1, -0.05) is 6.42 Å². The molecular formula is C10H21NO2. The first kappa shape index (κ1) is 11.0. The molecule has 0 spiro atoms. The van der Waals surface area contributed by atoms with Crippen LogP contribution in [-0.2, 0) is 0 Å². The third-order valence-corrected chi connectivity index (χ3v) is 3.01. The van der Waals surface area contributed by atoms with Crippen molar-refractivity contribution in [2.75, 3.05) is 13.2 Å². The van der Waals surface area contributed by atoms with Gasteiger partial charge in [0.15, 0.2) is 0 Å². The summed E-state index contributed by atoms with van der Waals surface area (Å²) in [5, 5.41) is 18.1. The summed E-state index contributed by atoms with van der Waals surface area (Å²) in [6.45, 7) is 4.87. The molecule has 1 aliphatic rings. The highest BCUT2D eigenvalue weighted by Crippen LogP contribution is 2.22. The Balaban J connectivity index is 2.43. The molecule has 3 heteroatoms.